The van der Waals surface area contributed by atoms with E-state index in [0.29, 0.717) is 5.92 Å². The molecule has 1 unspecified atom stereocenters. The predicted octanol–water partition coefficient (Wildman–Crippen LogP) is 3.84. The molecular weight excluding hydrogens is 284 g/mol. The smallest absolute Gasteiger partial charge is 0.420 e. The zero-order valence-electron chi connectivity index (χ0n) is 13.3. The van der Waals surface area contributed by atoms with E-state index in [1.807, 2.05) is 0 Å². The fourth-order valence-electron chi connectivity index (χ4n) is 2.66. The van der Waals surface area contributed by atoms with E-state index in [9.17, 15) is 4.79 Å². The lowest BCUT2D eigenvalue weighted by Gasteiger charge is -2.23. The highest BCUT2D eigenvalue weighted by atomic mass is 16.6. The lowest BCUT2D eigenvalue weighted by atomic mass is 9.87. The number of hydrogen-bond acceptors (Lipinski definition) is 5. The number of hydrogen-bond donors (Lipinski definition) is 0. The molecule has 1 heterocycles. The third-order valence-electron chi connectivity index (χ3n) is 3.97. The van der Waals surface area contributed by atoms with Gasteiger partial charge in [0.25, 0.3) is 0 Å². The van der Waals surface area contributed by atoms with Crippen LogP contribution >= 0.6 is 0 Å². The van der Waals surface area contributed by atoms with E-state index >= 15 is 0 Å². The van der Waals surface area contributed by atoms with Crippen LogP contribution in [0.1, 0.15) is 50.6 Å². The minimum atomic E-state index is -0.564. The highest BCUT2D eigenvalue weighted by Gasteiger charge is 2.29. The van der Waals surface area contributed by atoms with Gasteiger partial charge in [-0.15, -0.1) is 0 Å². The van der Waals surface area contributed by atoms with Crippen LogP contribution in [0.2, 0.25) is 0 Å². The molecule has 1 aromatic heterocycles. The summed E-state index contributed by atoms with van der Waals surface area (Å²) in [6.45, 7) is 5.39. The van der Waals surface area contributed by atoms with Gasteiger partial charge in [0.2, 0.25) is 0 Å². The number of aromatic nitrogens is 1. The van der Waals surface area contributed by atoms with Gasteiger partial charge in [-0.3, -0.25) is 0 Å². The zero-order chi connectivity index (χ0) is 15.9. The Morgan fingerprint density at radius 2 is 2.27 bits per heavy atom. The van der Waals surface area contributed by atoms with E-state index in [4.69, 9.17) is 13.9 Å². The van der Waals surface area contributed by atoms with Gasteiger partial charge in [0.05, 0.1) is 5.69 Å². The van der Waals surface area contributed by atoms with Crippen LogP contribution in [0.25, 0.3) is 0 Å². The van der Waals surface area contributed by atoms with Gasteiger partial charge in [-0.2, -0.15) is 4.98 Å². The van der Waals surface area contributed by atoms with Crippen molar-refractivity contribution in [2.45, 2.75) is 51.2 Å². The summed E-state index contributed by atoms with van der Waals surface area (Å²) in [5, 5.41) is 0. The number of nitrogens with zero attached hydrogens (tertiary/aromatic N) is 2. The fraction of sp³-hybridized carbons (Fsp3) is 0.625. The Bertz CT molecular complexity index is 494. The Morgan fingerprint density at radius 3 is 2.91 bits per heavy atom. The minimum Gasteiger partial charge on any atom is -0.445 e. The number of carbonyl (C=O) groups excluding carboxylic acids is 1. The molecule has 0 spiro atoms. The molecule has 0 aromatic carbocycles. The summed E-state index contributed by atoms with van der Waals surface area (Å²) in [7, 11) is 1.52. The third-order valence-corrected chi connectivity index (χ3v) is 3.97. The molecule has 122 valence electrons. The van der Waals surface area contributed by atoms with E-state index < -0.39 is 12.3 Å². The van der Waals surface area contributed by atoms with Gasteiger partial charge in [0.15, 0.2) is 0 Å². The topological polar surface area (TPSA) is 64.8 Å². The van der Waals surface area contributed by atoms with E-state index in [1.165, 1.54) is 37.3 Å². The van der Waals surface area contributed by atoms with Crippen molar-refractivity contribution >= 4 is 12.1 Å². The number of carbonyl (C=O) groups is 1. The molecule has 6 nitrogen and oxygen atoms in total. The Balaban J connectivity index is 2.14. The van der Waals surface area contributed by atoms with Crippen LogP contribution in [0, 0.1) is 0 Å². The maximum Gasteiger partial charge on any atom is 0.420 e. The average molecular weight is 308 g/mol. The number of rotatable bonds is 6. The number of anilines is 1. The van der Waals surface area contributed by atoms with Crippen molar-refractivity contribution in [3.8, 4) is 0 Å². The van der Waals surface area contributed by atoms with Crippen LogP contribution in [0.5, 0.6) is 0 Å². The molecule has 1 atom stereocenters. The summed E-state index contributed by atoms with van der Waals surface area (Å²) in [4.78, 5) is 17.9. The predicted molar refractivity (Wildman–Crippen MR) is 82.8 cm³/mol. The molecule has 0 N–H and O–H groups in total. The van der Waals surface area contributed by atoms with E-state index in [0.717, 1.165) is 18.5 Å². The summed E-state index contributed by atoms with van der Waals surface area (Å²) >= 11 is 0. The van der Waals surface area contributed by atoms with Crippen LogP contribution in [-0.4, -0.2) is 31.0 Å². The fourth-order valence-corrected chi connectivity index (χ4v) is 2.66. The third kappa shape index (κ3) is 3.88. The first kappa shape index (κ1) is 16.5. The van der Waals surface area contributed by atoms with Crippen molar-refractivity contribution in [1.29, 1.82) is 0 Å². The van der Waals surface area contributed by atoms with E-state index in [2.05, 4.69) is 11.6 Å². The molecule has 1 amide bonds. The molecule has 1 aliphatic carbocycles. The normalized spacial score (nSPS) is 17.0. The van der Waals surface area contributed by atoms with Crippen molar-refractivity contribution in [3.63, 3.8) is 0 Å². The molecule has 1 aliphatic rings. The van der Waals surface area contributed by atoms with Crippen molar-refractivity contribution in [3.05, 3.63) is 24.6 Å². The molecular formula is C16H24N2O4. The summed E-state index contributed by atoms with van der Waals surface area (Å²) in [6, 6.07) is 0.212. The number of oxazole rings is 1. The Labute approximate surface area is 131 Å². The van der Waals surface area contributed by atoms with E-state index in [-0.39, 0.29) is 12.6 Å². The monoisotopic (exact) mass is 308 g/mol. The summed E-state index contributed by atoms with van der Waals surface area (Å²) < 4.78 is 15.8. The molecule has 0 bridgehead atoms. The van der Waals surface area contributed by atoms with Crippen LogP contribution in [0.15, 0.2) is 23.3 Å². The van der Waals surface area contributed by atoms with Gasteiger partial charge in [0, 0.05) is 13.0 Å². The zero-order valence-corrected chi connectivity index (χ0v) is 13.3. The van der Waals surface area contributed by atoms with E-state index in [1.54, 1.807) is 13.2 Å². The maximum atomic E-state index is 12.2. The molecule has 6 heteroatoms. The molecule has 1 saturated carbocycles. The number of methoxy groups -OCH3 is 1. The maximum absolute atomic E-state index is 12.2. The summed E-state index contributed by atoms with van der Waals surface area (Å²) in [5.74, 6) is 0.412. The number of amides is 1. The molecule has 2 rings (SSSR count). The minimum absolute atomic E-state index is 0.127. The van der Waals surface area contributed by atoms with Gasteiger partial charge < -0.3 is 13.9 Å². The van der Waals surface area contributed by atoms with Gasteiger partial charge in [-0.1, -0.05) is 31.9 Å². The molecule has 0 radical (unpaired) electrons. The van der Waals surface area contributed by atoms with Gasteiger partial charge in [-0.25, -0.2) is 9.69 Å². The van der Waals surface area contributed by atoms with Crippen molar-refractivity contribution in [1.82, 2.24) is 4.98 Å². The second kappa shape index (κ2) is 7.98. The first-order valence-corrected chi connectivity index (χ1v) is 7.72. The highest BCUT2D eigenvalue weighted by molar-refractivity contribution is 5.85. The van der Waals surface area contributed by atoms with Crippen LogP contribution < -0.4 is 4.90 Å². The second-order valence-corrected chi connectivity index (χ2v) is 5.46. The van der Waals surface area contributed by atoms with Gasteiger partial charge in [-0.05, 0) is 19.8 Å². The quantitative estimate of drug-likeness (QED) is 0.590. The molecule has 1 fully saturated rings. The van der Waals surface area contributed by atoms with Gasteiger partial charge >= 0.3 is 12.1 Å². The highest BCUT2D eigenvalue weighted by Crippen LogP contribution is 2.33. The summed E-state index contributed by atoms with van der Waals surface area (Å²) in [5.41, 5.74) is 0.902. The first-order chi connectivity index (χ1) is 10.7. The largest absolute Gasteiger partial charge is 0.445 e. The Hall–Kier alpha value is -1.82. The van der Waals surface area contributed by atoms with Crippen molar-refractivity contribution < 1.29 is 18.7 Å². The first-order valence-electron chi connectivity index (χ1n) is 7.72. The lowest BCUT2D eigenvalue weighted by molar-refractivity contribution is 0.0953. The average Bonchev–Trinajstić information content (AvgIpc) is 3.03. The van der Waals surface area contributed by atoms with Crippen molar-refractivity contribution in [2.24, 2.45) is 0 Å². The van der Waals surface area contributed by atoms with Crippen molar-refractivity contribution in [2.75, 3.05) is 18.6 Å². The molecule has 22 heavy (non-hydrogen) atoms. The standard InChI is InChI=1S/C16H24N2O4/c1-4-10-21-16(19)18(12(2)20-3)15-17-14(11-22-15)13-8-6-5-7-9-13/h4,11-13H,1,5-10H2,2-3H3. The Morgan fingerprint density at radius 1 is 1.55 bits per heavy atom. The van der Waals surface area contributed by atoms with Crippen LogP contribution in [-0.2, 0) is 9.47 Å². The van der Waals surface area contributed by atoms with Gasteiger partial charge in [0.1, 0.15) is 19.1 Å². The summed E-state index contributed by atoms with van der Waals surface area (Å²) in [6.07, 6.45) is 8.00. The van der Waals surface area contributed by atoms with Crippen LogP contribution in [0.3, 0.4) is 0 Å². The number of ether oxygens (including phenoxy) is 2. The lowest BCUT2D eigenvalue weighted by Crippen LogP contribution is -2.40. The molecule has 0 aliphatic heterocycles. The molecule has 0 saturated heterocycles. The SMILES string of the molecule is C=CCOC(=O)N(c1nc(C2CCCCC2)co1)C(C)OC. The Kier molecular flexibility index (Phi) is 6.00. The van der Waals surface area contributed by atoms with Crippen LogP contribution in [0.4, 0.5) is 10.8 Å². The molecule has 1 aromatic rings. The second-order valence-electron chi connectivity index (χ2n) is 5.46.